The summed E-state index contributed by atoms with van der Waals surface area (Å²) in [5, 5.41) is 29.1. The van der Waals surface area contributed by atoms with Crippen molar-refractivity contribution in [2.45, 2.75) is 24.0 Å². The smallest absolute Gasteiger partial charge is 0.351 e. The summed E-state index contributed by atoms with van der Waals surface area (Å²) in [4.78, 5) is 15.2. The Hall–Kier alpha value is -1.92. The summed E-state index contributed by atoms with van der Waals surface area (Å²) < 4.78 is 6.14. The van der Waals surface area contributed by atoms with E-state index in [2.05, 4.69) is 4.98 Å². The largest absolute Gasteiger partial charge is 0.394 e. The second-order valence-electron chi connectivity index (χ2n) is 4.17. The van der Waals surface area contributed by atoms with Gasteiger partial charge in [0.1, 0.15) is 18.0 Å². The second kappa shape index (κ2) is 4.64. The number of hydrogen-bond donors (Lipinski definition) is 4. The third kappa shape index (κ3) is 1.98. The molecule has 2 heterocycles. The van der Waals surface area contributed by atoms with E-state index in [0.29, 0.717) is 0 Å². The number of hydrogen-bond acceptors (Lipinski definition) is 7. The fourth-order valence-electron chi connectivity index (χ4n) is 1.95. The molecule has 1 fully saturated rings. The molecule has 1 aromatic heterocycles. The molecule has 0 saturated carbocycles. The van der Waals surface area contributed by atoms with Gasteiger partial charge in [-0.15, -0.1) is 6.42 Å². The second-order valence-corrected chi connectivity index (χ2v) is 4.17. The maximum Gasteiger partial charge on any atom is 0.351 e. The minimum Gasteiger partial charge on any atom is -0.394 e. The summed E-state index contributed by atoms with van der Waals surface area (Å²) in [7, 11) is 0. The summed E-state index contributed by atoms with van der Waals surface area (Å²) in [5.74, 6) is 2.00. The van der Waals surface area contributed by atoms with Gasteiger partial charge in [0.15, 0.2) is 11.8 Å². The summed E-state index contributed by atoms with van der Waals surface area (Å²) >= 11 is 0. The molecule has 0 spiro atoms. The van der Waals surface area contributed by atoms with Crippen molar-refractivity contribution in [3.8, 4) is 12.3 Å². The van der Waals surface area contributed by atoms with Gasteiger partial charge in [-0.3, -0.25) is 4.57 Å². The van der Waals surface area contributed by atoms with Crippen molar-refractivity contribution in [2.75, 3.05) is 12.3 Å². The molecule has 5 N–H and O–H groups in total. The highest BCUT2D eigenvalue weighted by molar-refractivity contribution is 5.25. The van der Waals surface area contributed by atoms with Crippen molar-refractivity contribution in [3.63, 3.8) is 0 Å². The number of nitrogen functional groups attached to an aromatic ring is 1. The Labute approximate surface area is 108 Å². The van der Waals surface area contributed by atoms with Crippen LogP contribution in [-0.2, 0) is 4.74 Å². The first kappa shape index (κ1) is 13.5. The van der Waals surface area contributed by atoms with Crippen LogP contribution < -0.4 is 11.4 Å². The van der Waals surface area contributed by atoms with Crippen LogP contribution in [0.4, 0.5) is 5.82 Å². The van der Waals surface area contributed by atoms with Crippen molar-refractivity contribution >= 4 is 5.82 Å². The van der Waals surface area contributed by atoms with E-state index in [1.54, 1.807) is 0 Å². The van der Waals surface area contributed by atoms with Crippen LogP contribution in [0.1, 0.15) is 6.23 Å². The lowest BCUT2D eigenvalue weighted by atomic mass is 9.95. The Morgan fingerprint density at radius 1 is 1.68 bits per heavy atom. The molecule has 102 valence electrons. The molecule has 1 aliphatic heterocycles. The number of rotatable bonds is 2. The van der Waals surface area contributed by atoms with Crippen LogP contribution in [0.3, 0.4) is 0 Å². The number of terminal acetylenes is 1. The van der Waals surface area contributed by atoms with Crippen molar-refractivity contribution in [3.05, 3.63) is 22.7 Å². The van der Waals surface area contributed by atoms with Gasteiger partial charge in [0.05, 0.1) is 6.61 Å². The Balaban J connectivity index is 2.49. The first-order chi connectivity index (χ1) is 8.93. The topological polar surface area (TPSA) is 131 Å². The van der Waals surface area contributed by atoms with Gasteiger partial charge < -0.3 is 25.8 Å². The van der Waals surface area contributed by atoms with Crippen molar-refractivity contribution in [1.29, 1.82) is 0 Å². The Kier molecular flexibility index (Phi) is 3.30. The molecule has 4 atom stereocenters. The van der Waals surface area contributed by atoms with Crippen LogP contribution in [0, 0.1) is 12.3 Å². The molecule has 1 aromatic rings. The summed E-state index contributed by atoms with van der Waals surface area (Å²) in [6.45, 7) is -0.557. The Bertz CT molecular complexity index is 580. The SMILES string of the molecule is C#C[C@@]1(O)[C@H](O)[C@@H](CO)O[C@H]1n1ccc(N)nc1=O. The van der Waals surface area contributed by atoms with Crippen LogP contribution in [0.15, 0.2) is 17.1 Å². The first-order valence-corrected chi connectivity index (χ1v) is 5.43. The van der Waals surface area contributed by atoms with Gasteiger partial charge in [0.2, 0.25) is 0 Å². The monoisotopic (exact) mass is 267 g/mol. The fourth-order valence-corrected chi connectivity index (χ4v) is 1.95. The minimum atomic E-state index is -2.14. The number of aliphatic hydroxyl groups excluding tert-OH is 2. The zero-order valence-electron chi connectivity index (χ0n) is 9.80. The van der Waals surface area contributed by atoms with E-state index >= 15 is 0 Å². The highest BCUT2D eigenvalue weighted by atomic mass is 16.6. The van der Waals surface area contributed by atoms with E-state index < -0.39 is 36.3 Å². The predicted octanol–water partition coefficient (Wildman–Crippen LogP) is -2.56. The van der Waals surface area contributed by atoms with Gasteiger partial charge in [-0.1, -0.05) is 5.92 Å². The van der Waals surface area contributed by atoms with Gasteiger partial charge in [-0.25, -0.2) is 4.79 Å². The van der Waals surface area contributed by atoms with Gasteiger partial charge >= 0.3 is 5.69 Å². The molecule has 1 saturated heterocycles. The maximum atomic E-state index is 11.7. The molecule has 8 nitrogen and oxygen atoms in total. The van der Waals surface area contributed by atoms with Gasteiger partial charge in [-0.2, -0.15) is 4.98 Å². The lowest BCUT2D eigenvalue weighted by molar-refractivity contribution is -0.0763. The summed E-state index contributed by atoms with van der Waals surface area (Å²) in [5.41, 5.74) is 2.42. The summed E-state index contributed by atoms with van der Waals surface area (Å²) in [6, 6.07) is 1.32. The van der Waals surface area contributed by atoms with Crippen molar-refractivity contribution in [1.82, 2.24) is 9.55 Å². The molecule has 0 amide bonds. The van der Waals surface area contributed by atoms with Crippen LogP contribution >= 0.6 is 0 Å². The van der Waals surface area contributed by atoms with Crippen LogP contribution in [0.5, 0.6) is 0 Å². The lowest BCUT2D eigenvalue weighted by Crippen LogP contribution is -2.47. The molecule has 0 aromatic carbocycles. The third-order valence-corrected chi connectivity index (χ3v) is 3.00. The zero-order chi connectivity index (χ0) is 14.2. The van der Waals surface area contributed by atoms with Crippen LogP contribution in [0.25, 0.3) is 0 Å². The quantitative estimate of drug-likeness (QED) is 0.433. The van der Waals surface area contributed by atoms with Crippen molar-refractivity contribution in [2.24, 2.45) is 0 Å². The fraction of sp³-hybridized carbons (Fsp3) is 0.455. The number of anilines is 1. The molecule has 19 heavy (non-hydrogen) atoms. The molecular formula is C11H13N3O5. The van der Waals surface area contributed by atoms with Gasteiger partial charge in [-0.05, 0) is 6.07 Å². The minimum absolute atomic E-state index is 0.00255. The zero-order valence-corrected chi connectivity index (χ0v) is 9.80. The number of nitrogens with two attached hydrogens (primary N) is 1. The molecule has 2 rings (SSSR count). The van der Waals surface area contributed by atoms with E-state index in [-0.39, 0.29) is 5.82 Å². The molecule has 0 bridgehead atoms. The predicted molar refractivity (Wildman–Crippen MR) is 63.7 cm³/mol. The average Bonchev–Trinajstić information content (AvgIpc) is 2.63. The van der Waals surface area contributed by atoms with E-state index in [1.807, 2.05) is 5.92 Å². The van der Waals surface area contributed by atoms with Crippen LogP contribution in [0.2, 0.25) is 0 Å². The molecular weight excluding hydrogens is 254 g/mol. The number of aromatic nitrogens is 2. The number of nitrogens with zero attached hydrogens (tertiary/aromatic N) is 2. The third-order valence-electron chi connectivity index (χ3n) is 3.00. The first-order valence-electron chi connectivity index (χ1n) is 5.43. The van der Waals surface area contributed by atoms with E-state index in [4.69, 9.17) is 22.0 Å². The Morgan fingerprint density at radius 2 is 2.37 bits per heavy atom. The summed E-state index contributed by atoms with van der Waals surface area (Å²) in [6.07, 6.45) is 2.45. The number of aliphatic hydroxyl groups is 3. The standard InChI is InChI=1S/C11H13N3O5/c1-2-11(18)8(16)6(5-15)19-9(11)14-4-3-7(12)13-10(14)17/h1,3-4,6,8-9,15-16,18H,5H2,(H2,12,13,17)/t6-,8-,9-,11-/m1/s1. The maximum absolute atomic E-state index is 11.7. The molecule has 1 aliphatic rings. The average molecular weight is 267 g/mol. The highest BCUT2D eigenvalue weighted by Gasteiger charge is 2.55. The van der Waals surface area contributed by atoms with Crippen molar-refractivity contribution < 1.29 is 20.1 Å². The Morgan fingerprint density at radius 3 is 2.89 bits per heavy atom. The number of ether oxygens (including phenoxy) is 1. The molecule has 8 heteroatoms. The van der Waals surface area contributed by atoms with Crippen LogP contribution in [-0.4, -0.2) is 49.3 Å². The van der Waals surface area contributed by atoms with E-state index in [0.717, 1.165) is 4.57 Å². The van der Waals surface area contributed by atoms with Gasteiger partial charge in [0, 0.05) is 6.20 Å². The molecule has 0 unspecified atom stereocenters. The van der Waals surface area contributed by atoms with E-state index in [9.17, 15) is 15.0 Å². The van der Waals surface area contributed by atoms with E-state index in [1.165, 1.54) is 12.3 Å². The highest BCUT2D eigenvalue weighted by Crippen LogP contribution is 2.37. The molecule has 0 radical (unpaired) electrons. The lowest BCUT2D eigenvalue weighted by Gasteiger charge is -2.26. The van der Waals surface area contributed by atoms with Gasteiger partial charge in [0.25, 0.3) is 0 Å². The normalized spacial score (nSPS) is 34.1. The molecule has 0 aliphatic carbocycles.